The van der Waals surface area contributed by atoms with E-state index in [4.69, 9.17) is 18.2 Å². The van der Waals surface area contributed by atoms with Crippen LogP contribution >= 0.6 is 0 Å². The molecule has 0 spiro atoms. The number of nitriles is 1. The first-order valence-electron chi connectivity index (χ1n) is 3.16. The molecule has 1 atom stereocenters. The molecule has 0 amide bonds. The molecule has 0 bridgehead atoms. The molecule has 14 heavy (non-hydrogen) atoms. The van der Waals surface area contributed by atoms with Crippen molar-refractivity contribution in [3.8, 4) is 6.07 Å². The van der Waals surface area contributed by atoms with Crippen LogP contribution in [0.4, 0.5) is 13.2 Å². The molecule has 0 aliphatic rings. The van der Waals surface area contributed by atoms with Crippen LogP contribution in [0.2, 0.25) is 0 Å². The van der Waals surface area contributed by atoms with E-state index in [9.17, 15) is 13.2 Å². The lowest BCUT2D eigenvalue weighted by molar-refractivity contribution is -0.987. The second-order valence-electron chi connectivity index (χ2n) is 2.32. The summed E-state index contributed by atoms with van der Waals surface area (Å²) in [6.45, 7) is -0.538. The fourth-order valence-electron chi connectivity index (χ4n) is 0.219. The van der Waals surface area contributed by atoms with Gasteiger partial charge in [0.25, 0.3) is 0 Å². The summed E-state index contributed by atoms with van der Waals surface area (Å²) in [6.07, 6.45) is -3.69. The highest BCUT2D eigenvalue weighted by Crippen LogP contribution is 2.02. The first-order chi connectivity index (χ1) is 5.98. The Hall–Kier alpha value is -0.850. The average Bonchev–Trinajstić information content (AvgIpc) is 1.81. The summed E-state index contributed by atoms with van der Waals surface area (Å²) in [7, 11) is -3.01. The van der Waals surface area contributed by atoms with E-state index in [1.807, 2.05) is 0 Å². The monoisotopic (exact) mass is 234 g/mol. The van der Waals surface area contributed by atoms with Crippen LogP contribution in [-0.4, -0.2) is 39.1 Å². The number of nitrogens with one attached hydrogen (secondary N) is 1. The van der Waals surface area contributed by atoms with Crippen molar-refractivity contribution in [2.75, 3.05) is 19.8 Å². The second-order valence-corrected chi connectivity index (χ2v) is 3.73. The van der Waals surface area contributed by atoms with Crippen LogP contribution in [-0.2, 0) is 10.1 Å². The molecular weight excluding hydrogens is 225 g/mol. The van der Waals surface area contributed by atoms with Crippen LogP contribution < -0.4 is 4.90 Å². The summed E-state index contributed by atoms with van der Waals surface area (Å²) < 4.78 is 61.6. The Morgan fingerprint density at radius 3 is 1.86 bits per heavy atom. The molecule has 0 aliphatic carbocycles. The number of hydrogen-bond acceptors (Lipinski definition) is 4. The molecule has 1 N–H and O–H groups in total. The minimum Gasteiger partial charge on any atom is -0.748 e. The van der Waals surface area contributed by atoms with Crippen LogP contribution in [0, 0.1) is 11.3 Å². The summed E-state index contributed by atoms with van der Waals surface area (Å²) in [5.74, 6) is 0. The zero-order valence-electron chi connectivity index (χ0n) is 7.42. The smallest absolute Gasteiger partial charge is 0.560 e. The van der Waals surface area contributed by atoms with Gasteiger partial charge >= 0.3 is 6.30 Å². The molecule has 0 heterocycles. The van der Waals surface area contributed by atoms with Crippen LogP contribution in [0.3, 0.4) is 0 Å². The third kappa shape index (κ3) is 17.3. The molecule has 1 unspecified atom stereocenters. The summed E-state index contributed by atoms with van der Waals surface area (Å²) in [4.78, 5) is -0.745. The number of halogens is 3. The van der Waals surface area contributed by atoms with Crippen molar-refractivity contribution < 1.29 is 31.0 Å². The Labute approximate surface area is 79.5 Å². The maximum Gasteiger partial charge on any atom is 0.560 e. The molecular formula is C5H9F3N2O3S. The van der Waals surface area contributed by atoms with Crippen molar-refractivity contribution >= 4 is 10.1 Å². The van der Waals surface area contributed by atoms with Gasteiger partial charge in [-0.05, 0) is 0 Å². The zero-order chi connectivity index (χ0) is 12.0. The van der Waals surface area contributed by atoms with Gasteiger partial charge in [0.05, 0.1) is 17.2 Å². The molecule has 0 rings (SSSR count). The van der Waals surface area contributed by atoms with Gasteiger partial charge in [0.2, 0.25) is 0 Å². The molecule has 84 valence electrons. The van der Waals surface area contributed by atoms with Gasteiger partial charge < -0.3 is 4.55 Å². The average molecular weight is 234 g/mol. The van der Waals surface area contributed by atoms with Gasteiger partial charge in [-0.25, -0.2) is 13.3 Å². The first-order valence-corrected chi connectivity index (χ1v) is 4.97. The van der Waals surface area contributed by atoms with Crippen molar-refractivity contribution in [1.29, 1.82) is 5.26 Å². The highest BCUT2D eigenvalue weighted by molar-refractivity contribution is 7.84. The van der Waals surface area contributed by atoms with Crippen molar-refractivity contribution in [3.63, 3.8) is 0 Å². The van der Waals surface area contributed by atoms with Gasteiger partial charge in [0.1, 0.15) is 6.07 Å². The van der Waals surface area contributed by atoms with Crippen LogP contribution in [0.5, 0.6) is 0 Å². The molecule has 0 aromatic carbocycles. The number of nitrogens with zero attached hydrogens (tertiary/aromatic N) is 1. The minimum atomic E-state index is -4.30. The zero-order valence-corrected chi connectivity index (χ0v) is 8.24. The molecule has 0 aromatic heterocycles. The van der Waals surface area contributed by atoms with Crippen LogP contribution in [0.15, 0.2) is 0 Å². The molecule has 0 saturated heterocycles. The van der Waals surface area contributed by atoms with Gasteiger partial charge in [-0.15, -0.1) is 13.2 Å². The molecule has 0 radical (unpaired) electrons. The summed E-state index contributed by atoms with van der Waals surface area (Å²) >= 11 is 0. The van der Waals surface area contributed by atoms with Crippen molar-refractivity contribution in [2.24, 2.45) is 0 Å². The lowest BCUT2D eigenvalue weighted by Crippen LogP contribution is -3.15. The molecule has 5 nitrogen and oxygen atoms in total. The molecule has 9 heteroatoms. The number of quaternary nitrogens is 1. The maximum atomic E-state index is 11.4. The Kier molecular flexibility index (Phi) is 6.46. The van der Waals surface area contributed by atoms with E-state index in [1.54, 1.807) is 0 Å². The first kappa shape index (κ1) is 15.6. The standard InChI is InChI=1S/C4H5F3N2.CH4O3S/c1-9(3-2-8)4(5,6)7;1-5(2,3)4/h3H2,1H3;1H3,(H,2,3,4). The summed E-state index contributed by atoms with van der Waals surface area (Å²) in [5, 5.41) is 7.83. The van der Waals surface area contributed by atoms with Crippen LogP contribution in [0.25, 0.3) is 0 Å². The maximum absolute atomic E-state index is 11.4. The van der Waals surface area contributed by atoms with E-state index < -0.39 is 27.9 Å². The van der Waals surface area contributed by atoms with E-state index in [2.05, 4.69) is 0 Å². The Morgan fingerprint density at radius 1 is 1.50 bits per heavy atom. The van der Waals surface area contributed by atoms with E-state index >= 15 is 0 Å². The minimum absolute atomic E-state index is 0.538. The van der Waals surface area contributed by atoms with E-state index in [-0.39, 0.29) is 0 Å². The van der Waals surface area contributed by atoms with E-state index in [1.165, 1.54) is 6.07 Å². The van der Waals surface area contributed by atoms with E-state index in [0.717, 1.165) is 7.05 Å². The molecule has 0 aliphatic heterocycles. The predicted octanol–water partition coefficient (Wildman–Crippen LogP) is -1.29. The van der Waals surface area contributed by atoms with Gasteiger partial charge in [-0.3, -0.25) is 0 Å². The lowest BCUT2D eigenvalue weighted by Gasteiger charge is -2.11. The number of hydrogen-bond donors (Lipinski definition) is 1. The SMILES string of the molecule is CS(=O)(=O)[O-].C[NH+](CC#N)C(F)(F)F. The third-order valence-corrected chi connectivity index (χ3v) is 0.828. The summed E-state index contributed by atoms with van der Waals surface area (Å²) in [6, 6.07) is 1.42. The Bertz CT molecular complexity index is 284. The lowest BCUT2D eigenvalue weighted by atomic mass is 10.6. The third-order valence-electron chi connectivity index (χ3n) is 0.828. The van der Waals surface area contributed by atoms with Crippen LogP contribution in [0.1, 0.15) is 0 Å². The van der Waals surface area contributed by atoms with Gasteiger partial charge in [-0.2, -0.15) is 5.26 Å². The fraction of sp³-hybridized carbons (Fsp3) is 0.800. The second kappa shape index (κ2) is 5.79. The van der Waals surface area contributed by atoms with Gasteiger partial charge in [0, 0.05) is 6.26 Å². The van der Waals surface area contributed by atoms with Crippen molar-refractivity contribution in [2.45, 2.75) is 6.30 Å². The fourth-order valence-corrected chi connectivity index (χ4v) is 0.219. The highest BCUT2D eigenvalue weighted by atomic mass is 32.2. The predicted molar refractivity (Wildman–Crippen MR) is 39.0 cm³/mol. The largest absolute Gasteiger partial charge is 0.748 e. The normalized spacial score (nSPS) is 13.5. The summed E-state index contributed by atoms with van der Waals surface area (Å²) in [5.41, 5.74) is 0. The highest BCUT2D eigenvalue weighted by Gasteiger charge is 2.39. The van der Waals surface area contributed by atoms with E-state index in [0.29, 0.717) is 6.26 Å². The Morgan fingerprint density at radius 2 is 1.79 bits per heavy atom. The molecule has 0 saturated carbocycles. The topological polar surface area (TPSA) is 85.4 Å². The van der Waals surface area contributed by atoms with Crippen molar-refractivity contribution in [1.82, 2.24) is 0 Å². The van der Waals surface area contributed by atoms with Crippen molar-refractivity contribution in [3.05, 3.63) is 0 Å². The Balaban J connectivity index is 0. The quantitative estimate of drug-likeness (QED) is 0.347. The van der Waals surface area contributed by atoms with Gasteiger partial charge in [-0.1, -0.05) is 0 Å². The number of alkyl halides is 3. The number of rotatable bonds is 1. The molecule has 0 aromatic rings. The van der Waals surface area contributed by atoms with Gasteiger partial charge in [0.15, 0.2) is 6.54 Å². The molecule has 0 fully saturated rings.